The van der Waals surface area contributed by atoms with Gasteiger partial charge in [-0.15, -0.1) is 0 Å². The zero-order valence-electron chi connectivity index (χ0n) is 12.0. The van der Waals surface area contributed by atoms with Crippen molar-refractivity contribution in [1.82, 2.24) is 5.32 Å². The van der Waals surface area contributed by atoms with E-state index >= 15 is 0 Å². The summed E-state index contributed by atoms with van der Waals surface area (Å²) in [4.78, 5) is 2.37. The van der Waals surface area contributed by atoms with Gasteiger partial charge in [-0.05, 0) is 42.0 Å². The Balaban J connectivity index is 1.59. The minimum absolute atomic E-state index is 0.269. The van der Waals surface area contributed by atoms with Crippen molar-refractivity contribution in [3.05, 3.63) is 54.1 Å². The normalized spacial score (nSPS) is 15.0. The highest BCUT2D eigenvalue weighted by Crippen LogP contribution is 2.21. The molecular formula is C17H20N2O2. The second kappa shape index (κ2) is 6.50. The molecule has 0 radical (unpaired) electrons. The van der Waals surface area contributed by atoms with Gasteiger partial charge in [0.15, 0.2) is 0 Å². The number of nitrogens with zero attached hydrogens (tertiary/aromatic N) is 1. The van der Waals surface area contributed by atoms with E-state index < -0.39 is 0 Å². The average Bonchev–Trinajstić information content (AvgIpc) is 2.54. The molecule has 3 rings (SSSR count). The van der Waals surface area contributed by atoms with Crippen molar-refractivity contribution in [3.63, 3.8) is 0 Å². The number of phenols is 1. The van der Waals surface area contributed by atoms with Crippen LogP contribution in [0.1, 0.15) is 5.56 Å². The minimum atomic E-state index is 0.269. The highest BCUT2D eigenvalue weighted by molar-refractivity contribution is 5.49. The molecular weight excluding hydrogens is 264 g/mol. The molecule has 110 valence electrons. The number of benzene rings is 2. The second-order valence-corrected chi connectivity index (χ2v) is 5.19. The third-order valence-corrected chi connectivity index (χ3v) is 3.63. The standard InChI is InChI=1S/C17H20N2O2/c20-16-3-1-2-14(12-16)13-21-17-6-4-15(5-7-17)19-10-8-18-9-11-19/h1-7,12,18,20H,8-11,13H2. The summed E-state index contributed by atoms with van der Waals surface area (Å²) in [6, 6.07) is 15.3. The fourth-order valence-corrected chi connectivity index (χ4v) is 2.49. The number of phenolic OH excluding ortho intramolecular Hbond substituents is 1. The lowest BCUT2D eigenvalue weighted by atomic mass is 10.2. The minimum Gasteiger partial charge on any atom is -0.508 e. The van der Waals surface area contributed by atoms with Crippen molar-refractivity contribution in [1.29, 1.82) is 0 Å². The maximum atomic E-state index is 9.42. The summed E-state index contributed by atoms with van der Waals surface area (Å²) < 4.78 is 5.75. The Morgan fingerprint density at radius 2 is 1.81 bits per heavy atom. The number of hydrogen-bond donors (Lipinski definition) is 2. The van der Waals surface area contributed by atoms with Gasteiger partial charge in [-0.3, -0.25) is 0 Å². The monoisotopic (exact) mass is 284 g/mol. The third kappa shape index (κ3) is 3.67. The van der Waals surface area contributed by atoms with Gasteiger partial charge in [0, 0.05) is 31.9 Å². The van der Waals surface area contributed by atoms with E-state index in [2.05, 4.69) is 22.3 Å². The molecule has 0 atom stereocenters. The Morgan fingerprint density at radius 1 is 1.05 bits per heavy atom. The number of piperazine rings is 1. The topological polar surface area (TPSA) is 44.7 Å². The fraction of sp³-hybridized carbons (Fsp3) is 0.294. The number of hydrogen-bond acceptors (Lipinski definition) is 4. The van der Waals surface area contributed by atoms with Crippen molar-refractivity contribution in [3.8, 4) is 11.5 Å². The van der Waals surface area contributed by atoms with E-state index in [1.807, 2.05) is 24.3 Å². The molecule has 1 heterocycles. The Bertz CT molecular complexity index is 578. The molecule has 1 saturated heterocycles. The summed E-state index contributed by atoms with van der Waals surface area (Å²) in [6.07, 6.45) is 0. The van der Waals surface area contributed by atoms with Crippen LogP contribution in [0.25, 0.3) is 0 Å². The van der Waals surface area contributed by atoms with Gasteiger partial charge in [0.1, 0.15) is 18.1 Å². The number of rotatable bonds is 4. The van der Waals surface area contributed by atoms with Gasteiger partial charge in [0.25, 0.3) is 0 Å². The number of nitrogens with one attached hydrogen (secondary N) is 1. The van der Waals surface area contributed by atoms with Gasteiger partial charge < -0.3 is 20.1 Å². The fourth-order valence-electron chi connectivity index (χ4n) is 2.49. The largest absolute Gasteiger partial charge is 0.508 e. The van der Waals surface area contributed by atoms with E-state index in [1.165, 1.54) is 5.69 Å². The van der Waals surface area contributed by atoms with Gasteiger partial charge in [-0.25, -0.2) is 0 Å². The van der Waals surface area contributed by atoms with Crippen LogP contribution in [0, 0.1) is 0 Å². The Labute approximate surface area is 125 Å². The molecule has 21 heavy (non-hydrogen) atoms. The van der Waals surface area contributed by atoms with Crippen LogP contribution in [0.5, 0.6) is 11.5 Å². The second-order valence-electron chi connectivity index (χ2n) is 5.19. The summed E-state index contributed by atoms with van der Waals surface area (Å²) in [7, 11) is 0. The molecule has 1 fully saturated rings. The first kappa shape index (κ1) is 13.8. The molecule has 0 bridgehead atoms. The molecule has 2 N–H and O–H groups in total. The lowest BCUT2D eigenvalue weighted by molar-refractivity contribution is 0.305. The molecule has 1 aliphatic heterocycles. The first-order valence-corrected chi connectivity index (χ1v) is 7.28. The van der Waals surface area contributed by atoms with Crippen LogP contribution in [0.2, 0.25) is 0 Å². The summed E-state index contributed by atoms with van der Waals surface area (Å²) in [6.45, 7) is 4.62. The SMILES string of the molecule is Oc1cccc(COc2ccc(N3CCNCC3)cc2)c1. The van der Waals surface area contributed by atoms with Crippen LogP contribution in [0.4, 0.5) is 5.69 Å². The Kier molecular flexibility index (Phi) is 4.26. The molecule has 4 nitrogen and oxygen atoms in total. The molecule has 0 aliphatic carbocycles. The quantitative estimate of drug-likeness (QED) is 0.905. The molecule has 1 aliphatic rings. The maximum absolute atomic E-state index is 9.42. The van der Waals surface area contributed by atoms with E-state index in [0.29, 0.717) is 6.61 Å². The number of aromatic hydroxyl groups is 1. The van der Waals surface area contributed by atoms with Gasteiger partial charge in [0.05, 0.1) is 0 Å². The number of ether oxygens (including phenoxy) is 1. The molecule has 4 heteroatoms. The van der Waals surface area contributed by atoms with Crippen LogP contribution in [0.15, 0.2) is 48.5 Å². The van der Waals surface area contributed by atoms with Crippen LogP contribution < -0.4 is 15.0 Å². The van der Waals surface area contributed by atoms with Crippen LogP contribution in [0.3, 0.4) is 0 Å². The van der Waals surface area contributed by atoms with Crippen LogP contribution in [-0.2, 0) is 6.61 Å². The first-order chi connectivity index (χ1) is 10.3. The van der Waals surface area contributed by atoms with E-state index in [1.54, 1.807) is 12.1 Å². The Morgan fingerprint density at radius 3 is 2.52 bits per heavy atom. The lowest BCUT2D eigenvalue weighted by Crippen LogP contribution is -2.43. The van der Waals surface area contributed by atoms with Crippen molar-refractivity contribution in [2.24, 2.45) is 0 Å². The highest BCUT2D eigenvalue weighted by Gasteiger charge is 2.10. The van der Waals surface area contributed by atoms with Crippen molar-refractivity contribution >= 4 is 5.69 Å². The maximum Gasteiger partial charge on any atom is 0.119 e. The average molecular weight is 284 g/mol. The summed E-state index contributed by atoms with van der Waals surface area (Å²) in [5.41, 5.74) is 2.20. The lowest BCUT2D eigenvalue weighted by Gasteiger charge is -2.29. The molecule has 0 amide bonds. The highest BCUT2D eigenvalue weighted by atomic mass is 16.5. The van der Waals surface area contributed by atoms with E-state index in [-0.39, 0.29) is 5.75 Å². The van der Waals surface area contributed by atoms with E-state index in [0.717, 1.165) is 37.5 Å². The smallest absolute Gasteiger partial charge is 0.119 e. The third-order valence-electron chi connectivity index (χ3n) is 3.63. The van der Waals surface area contributed by atoms with Crippen molar-refractivity contribution in [2.75, 3.05) is 31.1 Å². The number of anilines is 1. The zero-order chi connectivity index (χ0) is 14.5. The van der Waals surface area contributed by atoms with Gasteiger partial charge >= 0.3 is 0 Å². The molecule has 0 saturated carbocycles. The van der Waals surface area contributed by atoms with Crippen molar-refractivity contribution < 1.29 is 9.84 Å². The molecule has 2 aromatic carbocycles. The molecule has 2 aromatic rings. The van der Waals surface area contributed by atoms with Crippen LogP contribution >= 0.6 is 0 Å². The first-order valence-electron chi connectivity index (χ1n) is 7.28. The molecule has 0 unspecified atom stereocenters. The predicted molar refractivity (Wildman–Crippen MR) is 84.0 cm³/mol. The van der Waals surface area contributed by atoms with E-state index in [9.17, 15) is 5.11 Å². The van der Waals surface area contributed by atoms with Crippen molar-refractivity contribution in [2.45, 2.75) is 6.61 Å². The summed E-state index contributed by atoms with van der Waals surface area (Å²) >= 11 is 0. The molecule has 0 spiro atoms. The summed E-state index contributed by atoms with van der Waals surface area (Å²) in [5.74, 6) is 1.11. The Hall–Kier alpha value is -2.20. The van der Waals surface area contributed by atoms with E-state index in [4.69, 9.17) is 4.74 Å². The predicted octanol–water partition coefficient (Wildman–Crippen LogP) is 2.38. The summed E-state index contributed by atoms with van der Waals surface area (Å²) in [5, 5.41) is 12.8. The zero-order valence-corrected chi connectivity index (χ0v) is 12.0. The molecule has 0 aromatic heterocycles. The van der Waals surface area contributed by atoms with Crippen LogP contribution in [-0.4, -0.2) is 31.3 Å². The van der Waals surface area contributed by atoms with Gasteiger partial charge in [0.2, 0.25) is 0 Å². The van der Waals surface area contributed by atoms with Gasteiger partial charge in [-0.2, -0.15) is 0 Å². The van der Waals surface area contributed by atoms with Gasteiger partial charge in [-0.1, -0.05) is 12.1 Å².